The predicted octanol–water partition coefficient (Wildman–Crippen LogP) is 1.45. The summed E-state index contributed by atoms with van der Waals surface area (Å²) in [5, 5.41) is 21.9. The number of benzene rings is 1. The number of nitrogens with zero attached hydrogens (tertiary/aromatic N) is 6. The predicted molar refractivity (Wildman–Crippen MR) is 123 cm³/mol. The summed E-state index contributed by atoms with van der Waals surface area (Å²) in [6.07, 6.45) is 0. The zero-order chi connectivity index (χ0) is 22.5. The molecule has 1 spiro atoms. The molecule has 0 bridgehead atoms. The number of methoxy groups -OCH3 is 1. The summed E-state index contributed by atoms with van der Waals surface area (Å²) >= 11 is 9.15. The lowest BCUT2D eigenvalue weighted by molar-refractivity contribution is -0.567. The third kappa shape index (κ3) is 3.39. The van der Waals surface area contributed by atoms with E-state index in [4.69, 9.17) is 31.3 Å². The number of rotatable bonds is 3. The van der Waals surface area contributed by atoms with Gasteiger partial charge in [-0.05, 0) is 32.5 Å². The van der Waals surface area contributed by atoms with Crippen molar-refractivity contribution in [3.05, 3.63) is 35.4 Å². The molecule has 0 radical (unpaired) electrons. The summed E-state index contributed by atoms with van der Waals surface area (Å²) in [6.45, 7) is 0.886. The topological polar surface area (TPSA) is 75.9 Å². The molecule has 1 aromatic carbocycles. The van der Waals surface area contributed by atoms with Crippen molar-refractivity contribution in [3.8, 4) is 0 Å². The highest BCUT2D eigenvalue weighted by molar-refractivity contribution is 8.31. The molecule has 1 saturated heterocycles. The summed E-state index contributed by atoms with van der Waals surface area (Å²) in [6, 6.07) is 7.63. The van der Waals surface area contributed by atoms with Gasteiger partial charge in [-0.3, -0.25) is 0 Å². The van der Waals surface area contributed by atoms with Gasteiger partial charge in [-0.25, -0.2) is 8.97 Å². The van der Waals surface area contributed by atoms with Gasteiger partial charge in [0.15, 0.2) is 12.4 Å². The molecular weight excluding hydrogens is 479 g/mol. The number of morpholine rings is 1. The average Bonchev–Trinajstić information content (AvgIpc) is 3.43. The quantitative estimate of drug-likeness (QED) is 0.382. The summed E-state index contributed by atoms with van der Waals surface area (Å²) < 4.78 is 27.7. The van der Waals surface area contributed by atoms with Crippen LogP contribution in [0.25, 0.3) is 0 Å². The zero-order valence-corrected chi connectivity index (χ0v) is 19.8. The molecule has 4 aliphatic rings. The van der Waals surface area contributed by atoms with E-state index in [0.29, 0.717) is 30.1 Å². The lowest BCUT2D eigenvalue weighted by Crippen LogP contribution is -2.46. The van der Waals surface area contributed by atoms with E-state index in [1.165, 1.54) is 28.4 Å². The Morgan fingerprint density at radius 1 is 1.41 bits per heavy atom. The fourth-order valence-corrected chi connectivity index (χ4v) is 6.53. The smallest absolute Gasteiger partial charge is 0.467 e. The number of ether oxygens (including phenoxy) is 2. The van der Waals surface area contributed by atoms with Crippen LogP contribution in [0.4, 0.5) is 4.39 Å². The van der Waals surface area contributed by atoms with Crippen LogP contribution in [0, 0.1) is 0 Å². The molecule has 13 heteroatoms. The van der Waals surface area contributed by atoms with Crippen LogP contribution in [0.15, 0.2) is 34.5 Å². The van der Waals surface area contributed by atoms with Crippen molar-refractivity contribution in [1.82, 2.24) is 9.91 Å². The fraction of sp³-hybridized carbons (Fsp3) is 0.474. The van der Waals surface area contributed by atoms with Crippen molar-refractivity contribution in [2.75, 3.05) is 40.7 Å². The van der Waals surface area contributed by atoms with Crippen molar-refractivity contribution >= 4 is 57.1 Å². The summed E-state index contributed by atoms with van der Waals surface area (Å²) in [7, 11) is 3.23. The number of aliphatic hydroxyl groups excluding tert-OH is 1. The summed E-state index contributed by atoms with van der Waals surface area (Å²) in [5.74, 6) is 0.827. The van der Waals surface area contributed by atoms with E-state index in [1.54, 1.807) is 14.2 Å². The zero-order valence-electron chi connectivity index (χ0n) is 17.4. The van der Waals surface area contributed by atoms with E-state index in [1.807, 2.05) is 34.0 Å². The molecule has 1 N–H and O–H groups in total. The molecule has 0 aliphatic carbocycles. The number of amidine groups is 2. The highest BCUT2D eigenvalue weighted by Crippen LogP contribution is 2.54. The third-order valence-electron chi connectivity index (χ3n) is 5.39. The van der Waals surface area contributed by atoms with Gasteiger partial charge in [0.05, 0.1) is 49.4 Å². The molecule has 0 amide bonds. The fourth-order valence-electron chi connectivity index (χ4n) is 3.81. The monoisotopic (exact) mass is 500 g/mol. The van der Waals surface area contributed by atoms with E-state index in [2.05, 4.69) is 4.58 Å². The molecule has 0 aromatic heterocycles. The van der Waals surface area contributed by atoms with Gasteiger partial charge in [-0.1, -0.05) is 23.7 Å². The second kappa shape index (κ2) is 8.49. The molecular formula is C19H22ClFN6O3S2+2. The van der Waals surface area contributed by atoms with Gasteiger partial charge in [-0.15, -0.1) is 0 Å². The van der Waals surface area contributed by atoms with E-state index in [9.17, 15) is 9.50 Å². The van der Waals surface area contributed by atoms with Crippen molar-refractivity contribution in [3.63, 3.8) is 0 Å². The van der Waals surface area contributed by atoms with Crippen LogP contribution in [0.5, 0.6) is 0 Å². The Hall–Kier alpha value is -1.86. The van der Waals surface area contributed by atoms with Crippen LogP contribution >= 0.6 is 35.1 Å². The maximum absolute atomic E-state index is 13.5. The van der Waals surface area contributed by atoms with Gasteiger partial charge in [0, 0.05) is 12.1 Å². The molecule has 4 heterocycles. The first kappa shape index (κ1) is 22.0. The van der Waals surface area contributed by atoms with Crippen molar-refractivity contribution in [1.29, 1.82) is 0 Å². The number of hydrogen-bond acceptors (Lipinski definition) is 8. The van der Waals surface area contributed by atoms with Crippen LogP contribution in [-0.4, -0.2) is 96.8 Å². The average molecular weight is 501 g/mol. The number of hydrazone groups is 2. The highest BCUT2D eigenvalue weighted by Gasteiger charge is 2.77. The molecule has 1 aromatic rings. The Morgan fingerprint density at radius 2 is 2.19 bits per heavy atom. The molecule has 0 saturated carbocycles. The number of aliphatic hydroxyl groups is 1. The van der Waals surface area contributed by atoms with Crippen molar-refractivity contribution in [2.24, 2.45) is 10.2 Å². The summed E-state index contributed by atoms with van der Waals surface area (Å²) in [5.41, 5.74) is 2.07. The van der Waals surface area contributed by atoms with E-state index < -0.39 is 16.7 Å². The van der Waals surface area contributed by atoms with Gasteiger partial charge in [0.25, 0.3) is 0 Å². The third-order valence-corrected chi connectivity index (χ3v) is 8.37. The van der Waals surface area contributed by atoms with E-state index >= 15 is 0 Å². The molecule has 4 aliphatic heterocycles. The van der Waals surface area contributed by atoms with Crippen LogP contribution in [0.2, 0.25) is 0 Å². The van der Waals surface area contributed by atoms with Crippen LogP contribution < -0.4 is 0 Å². The van der Waals surface area contributed by atoms with Gasteiger partial charge >= 0.3 is 21.1 Å². The van der Waals surface area contributed by atoms with Gasteiger partial charge in [-0.2, -0.15) is 0 Å². The Bertz CT molecular complexity index is 1070. The molecule has 2 atom stereocenters. The highest BCUT2D eigenvalue weighted by atomic mass is 35.5. The molecule has 5 rings (SSSR count). The lowest BCUT2D eigenvalue weighted by atomic mass is 10.1. The first-order chi connectivity index (χ1) is 15.5. The second-order valence-electron chi connectivity index (χ2n) is 7.40. The SMILES string of the molecule is COC1=NN2C(=[N+]3CCOC(Cl)C3)C(c3ccc(CO)cc3)=[N+]3N=C(N(C)CF)SC23S1. The Morgan fingerprint density at radius 3 is 2.84 bits per heavy atom. The number of alkyl halides is 2. The second-order valence-corrected chi connectivity index (χ2v) is 10.4. The minimum Gasteiger partial charge on any atom is -0.473 e. The Labute approximate surface area is 197 Å². The first-order valence-electron chi connectivity index (χ1n) is 9.92. The van der Waals surface area contributed by atoms with E-state index in [0.717, 1.165) is 22.7 Å². The van der Waals surface area contributed by atoms with Crippen molar-refractivity contribution < 1.29 is 28.2 Å². The molecule has 1 fully saturated rings. The van der Waals surface area contributed by atoms with Gasteiger partial charge in [0.1, 0.15) is 13.1 Å². The number of halogens is 2. The molecule has 2 unspecified atom stereocenters. The minimum absolute atomic E-state index is 0.0415. The lowest BCUT2D eigenvalue weighted by Gasteiger charge is -2.21. The van der Waals surface area contributed by atoms with Gasteiger partial charge in [0.2, 0.25) is 5.17 Å². The maximum atomic E-state index is 13.5. The van der Waals surface area contributed by atoms with Crippen LogP contribution in [0.1, 0.15) is 11.1 Å². The largest absolute Gasteiger partial charge is 0.473 e. The minimum atomic E-state index is -0.815. The molecule has 9 nitrogen and oxygen atoms in total. The van der Waals surface area contributed by atoms with Crippen molar-refractivity contribution in [2.45, 2.75) is 16.5 Å². The van der Waals surface area contributed by atoms with E-state index in [-0.39, 0.29) is 6.61 Å². The Kier molecular flexibility index (Phi) is 5.82. The Balaban J connectivity index is 1.74. The number of hydrogen-bond donors (Lipinski definition) is 1. The maximum Gasteiger partial charge on any atom is 0.467 e. The van der Waals surface area contributed by atoms with Gasteiger partial charge < -0.3 is 19.5 Å². The van der Waals surface area contributed by atoms with Crippen LogP contribution in [-0.2, 0) is 16.1 Å². The van der Waals surface area contributed by atoms with Crippen LogP contribution in [0.3, 0.4) is 0 Å². The molecule has 32 heavy (non-hydrogen) atoms. The summed E-state index contributed by atoms with van der Waals surface area (Å²) in [4.78, 5) is 1.46. The first-order valence-corrected chi connectivity index (χ1v) is 12.0. The number of thioether (sulfide) groups is 2. The normalized spacial score (nSPS) is 29.2. The standard InChI is InChI=1S/C19H22ClFN6O3S2/c1-24(11-21)17-22-26-15(13-5-3-12(10-28)4-6-13)16(25-7-8-30-14(20)9-25)27-19(26,31-17)32-18(23-27)29-2/h3-6,14,28H,7-11H2,1-2H3/q+2. The molecule has 170 valence electrons.